The summed E-state index contributed by atoms with van der Waals surface area (Å²) in [5.41, 5.74) is 0. The Morgan fingerprint density at radius 1 is 0.360 bits per heavy atom. The number of hydrogen-bond donors (Lipinski definition) is 3. The molecule has 2 unspecified atom stereocenters. The number of ether oxygens (including phenoxy) is 1. The van der Waals surface area contributed by atoms with Gasteiger partial charge >= 0.3 is 5.97 Å². The van der Waals surface area contributed by atoms with Gasteiger partial charge in [0, 0.05) is 12.8 Å². The number of hydrogen-bond acceptors (Lipinski definition) is 5. The topological polar surface area (TPSA) is 95.9 Å². The maximum absolute atomic E-state index is 12.5. The molecule has 0 aromatic rings. The summed E-state index contributed by atoms with van der Waals surface area (Å²) >= 11 is 0. The molecule has 444 valence electrons. The van der Waals surface area contributed by atoms with Crippen LogP contribution in [0.15, 0.2) is 24.3 Å². The van der Waals surface area contributed by atoms with Gasteiger partial charge in [0.25, 0.3) is 0 Å². The van der Waals surface area contributed by atoms with Gasteiger partial charge in [0.1, 0.15) is 0 Å². The van der Waals surface area contributed by atoms with Crippen molar-refractivity contribution < 1.29 is 24.5 Å². The minimum absolute atomic E-state index is 0.00117. The third-order valence-electron chi connectivity index (χ3n) is 16.0. The van der Waals surface area contributed by atoms with Gasteiger partial charge < -0.3 is 20.3 Å². The standard InChI is InChI=1S/C69H133NO5/c1-3-5-7-9-11-13-15-17-19-20-21-22-24-27-30-34-37-41-45-49-53-57-61-67(72)66(65-71)70-68(73)62-58-54-50-46-42-38-35-31-28-25-23-26-29-32-36-40-44-48-52-56-60-64-75-69(74)63-59-55-51-47-43-39-33-18-16-14-12-10-8-6-4-2/h18,25,28,33,66-67,71-72H,3-17,19-24,26-27,29-32,34-65H2,1-2H3,(H,70,73)/b28-25-,33-18-. The first kappa shape index (κ1) is 73.3. The number of amides is 1. The van der Waals surface area contributed by atoms with Gasteiger partial charge in [0.15, 0.2) is 0 Å². The van der Waals surface area contributed by atoms with E-state index in [0.29, 0.717) is 25.9 Å². The largest absolute Gasteiger partial charge is 0.466 e. The first-order chi connectivity index (χ1) is 37.0. The Labute approximate surface area is 469 Å². The number of nitrogens with one attached hydrogen (secondary N) is 1. The zero-order valence-corrected chi connectivity index (χ0v) is 50.8. The number of rotatable bonds is 64. The highest BCUT2D eigenvalue weighted by Crippen LogP contribution is 2.18. The average Bonchev–Trinajstić information content (AvgIpc) is 3.41. The minimum atomic E-state index is -0.670. The fourth-order valence-electron chi connectivity index (χ4n) is 10.7. The predicted octanol–water partition coefficient (Wildman–Crippen LogP) is 21.8. The van der Waals surface area contributed by atoms with E-state index in [1.807, 2.05) is 0 Å². The second kappa shape index (κ2) is 64.9. The van der Waals surface area contributed by atoms with Crippen LogP contribution in [0.1, 0.15) is 380 Å². The summed E-state index contributed by atoms with van der Waals surface area (Å²) in [6.07, 6.45) is 80.6. The first-order valence-corrected chi connectivity index (χ1v) is 34.1. The summed E-state index contributed by atoms with van der Waals surface area (Å²) in [6, 6.07) is -0.548. The fraction of sp³-hybridized carbons (Fsp3) is 0.913. The van der Waals surface area contributed by atoms with E-state index in [2.05, 4.69) is 43.5 Å². The van der Waals surface area contributed by atoms with Gasteiger partial charge in [-0.05, 0) is 77.0 Å². The number of unbranched alkanes of at least 4 members (excludes halogenated alkanes) is 49. The second-order valence-electron chi connectivity index (χ2n) is 23.5. The number of carbonyl (C=O) groups excluding carboxylic acids is 2. The molecule has 0 bridgehead atoms. The van der Waals surface area contributed by atoms with Crippen molar-refractivity contribution in [2.45, 2.75) is 392 Å². The monoisotopic (exact) mass is 1060 g/mol. The Balaban J connectivity index is 3.42. The second-order valence-corrected chi connectivity index (χ2v) is 23.5. The smallest absolute Gasteiger partial charge is 0.305 e. The van der Waals surface area contributed by atoms with Crippen LogP contribution in [0, 0.1) is 0 Å². The third kappa shape index (κ3) is 61.4. The molecule has 0 heterocycles. The number of allylic oxidation sites excluding steroid dienone is 4. The molecule has 0 radical (unpaired) electrons. The molecule has 1 amide bonds. The average molecular weight is 1060 g/mol. The van der Waals surface area contributed by atoms with Crippen LogP contribution in [0.25, 0.3) is 0 Å². The van der Waals surface area contributed by atoms with Gasteiger partial charge in [0.2, 0.25) is 5.91 Å². The lowest BCUT2D eigenvalue weighted by Gasteiger charge is -2.22. The van der Waals surface area contributed by atoms with Crippen LogP contribution in [0.5, 0.6) is 0 Å². The molecule has 0 saturated carbocycles. The van der Waals surface area contributed by atoms with E-state index in [0.717, 1.165) is 44.9 Å². The highest BCUT2D eigenvalue weighted by molar-refractivity contribution is 5.76. The summed E-state index contributed by atoms with van der Waals surface area (Å²) in [5, 5.41) is 23.4. The zero-order valence-electron chi connectivity index (χ0n) is 50.8. The van der Waals surface area contributed by atoms with Gasteiger partial charge in [-0.3, -0.25) is 9.59 Å². The van der Waals surface area contributed by atoms with Crippen LogP contribution in [-0.4, -0.2) is 47.4 Å². The molecule has 3 N–H and O–H groups in total. The van der Waals surface area contributed by atoms with E-state index >= 15 is 0 Å². The highest BCUT2D eigenvalue weighted by Gasteiger charge is 2.20. The Morgan fingerprint density at radius 2 is 0.627 bits per heavy atom. The summed E-state index contributed by atoms with van der Waals surface area (Å²) in [5.74, 6) is -0.0376. The Hall–Kier alpha value is -1.66. The maximum atomic E-state index is 12.5. The van der Waals surface area contributed by atoms with Crippen molar-refractivity contribution >= 4 is 11.9 Å². The van der Waals surface area contributed by atoms with Crippen LogP contribution in [0.2, 0.25) is 0 Å². The molecular formula is C69H133NO5. The van der Waals surface area contributed by atoms with Crippen LogP contribution >= 0.6 is 0 Å². The van der Waals surface area contributed by atoms with Gasteiger partial charge in [-0.2, -0.15) is 0 Å². The quantitative estimate of drug-likeness (QED) is 0.0320. The van der Waals surface area contributed by atoms with Gasteiger partial charge in [-0.25, -0.2) is 0 Å². The minimum Gasteiger partial charge on any atom is -0.466 e. The lowest BCUT2D eigenvalue weighted by Crippen LogP contribution is -2.45. The molecular weight excluding hydrogens is 923 g/mol. The maximum Gasteiger partial charge on any atom is 0.305 e. The third-order valence-corrected chi connectivity index (χ3v) is 16.0. The lowest BCUT2D eigenvalue weighted by atomic mass is 10.0. The SMILES string of the molecule is CCCCCCCC/C=C\CCCCCCCC(=O)OCCCCCCCCCCCC/C=C\CCCCCCCCCC(=O)NC(CO)C(O)CCCCCCCCCCCCCCCCCCCCCCCC. The zero-order chi connectivity index (χ0) is 54.3. The summed E-state index contributed by atoms with van der Waals surface area (Å²) < 4.78 is 5.48. The van der Waals surface area contributed by atoms with E-state index in [1.165, 1.54) is 302 Å². The molecule has 0 aliphatic heterocycles. The van der Waals surface area contributed by atoms with Crippen molar-refractivity contribution in [1.29, 1.82) is 0 Å². The Kier molecular flexibility index (Phi) is 63.4. The molecule has 0 spiro atoms. The van der Waals surface area contributed by atoms with Crippen LogP contribution in [0.4, 0.5) is 0 Å². The van der Waals surface area contributed by atoms with Crippen molar-refractivity contribution in [3.63, 3.8) is 0 Å². The molecule has 0 aromatic carbocycles. The van der Waals surface area contributed by atoms with Crippen molar-refractivity contribution in [3.8, 4) is 0 Å². The summed E-state index contributed by atoms with van der Waals surface area (Å²) in [4.78, 5) is 24.6. The molecule has 75 heavy (non-hydrogen) atoms. The van der Waals surface area contributed by atoms with Crippen LogP contribution in [-0.2, 0) is 14.3 Å². The lowest BCUT2D eigenvalue weighted by molar-refractivity contribution is -0.143. The van der Waals surface area contributed by atoms with E-state index in [1.54, 1.807) is 0 Å². The Bertz CT molecular complexity index is 1170. The number of esters is 1. The van der Waals surface area contributed by atoms with E-state index in [4.69, 9.17) is 4.74 Å². The van der Waals surface area contributed by atoms with Crippen molar-refractivity contribution in [2.75, 3.05) is 13.2 Å². The molecule has 2 atom stereocenters. The van der Waals surface area contributed by atoms with Gasteiger partial charge in [0.05, 0.1) is 25.4 Å². The Morgan fingerprint density at radius 3 is 0.947 bits per heavy atom. The fourth-order valence-corrected chi connectivity index (χ4v) is 10.7. The van der Waals surface area contributed by atoms with E-state index in [-0.39, 0.29) is 18.5 Å². The van der Waals surface area contributed by atoms with E-state index < -0.39 is 12.1 Å². The molecule has 0 aliphatic rings. The molecule has 6 heteroatoms. The van der Waals surface area contributed by atoms with Crippen LogP contribution < -0.4 is 5.32 Å². The summed E-state index contributed by atoms with van der Waals surface area (Å²) in [7, 11) is 0. The molecule has 0 rings (SSSR count). The number of carbonyl (C=O) groups is 2. The predicted molar refractivity (Wildman–Crippen MR) is 329 cm³/mol. The summed E-state index contributed by atoms with van der Waals surface area (Å²) in [6.45, 7) is 4.97. The van der Waals surface area contributed by atoms with Crippen molar-refractivity contribution in [2.24, 2.45) is 0 Å². The molecule has 0 saturated heterocycles. The number of aliphatic hydroxyl groups excluding tert-OH is 2. The molecule has 0 aliphatic carbocycles. The molecule has 6 nitrogen and oxygen atoms in total. The normalized spacial score (nSPS) is 12.6. The highest BCUT2D eigenvalue weighted by atomic mass is 16.5. The van der Waals surface area contributed by atoms with E-state index in [9.17, 15) is 19.8 Å². The molecule has 0 aromatic heterocycles. The van der Waals surface area contributed by atoms with Crippen molar-refractivity contribution in [3.05, 3.63) is 24.3 Å². The first-order valence-electron chi connectivity index (χ1n) is 34.1. The van der Waals surface area contributed by atoms with Crippen LogP contribution in [0.3, 0.4) is 0 Å². The van der Waals surface area contributed by atoms with Gasteiger partial charge in [-0.15, -0.1) is 0 Å². The number of aliphatic hydroxyl groups is 2. The van der Waals surface area contributed by atoms with Gasteiger partial charge in [-0.1, -0.05) is 314 Å². The van der Waals surface area contributed by atoms with Crippen molar-refractivity contribution in [1.82, 2.24) is 5.32 Å². The molecule has 0 fully saturated rings.